The van der Waals surface area contributed by atoms with E-state index in [0.29, 0.717) is 13.0 Å². The van der Waals surface area contributed by atoms with Gasteiger partial charge < -0.3 is 4.84 Å². The van der Waals surface area contributed by atoms with Crippen LogP contribution in [0, 0.1) is 11.3 Å². The molecule has 0 aliphatic carbocycles. The normalized spacial score (nSPS) is 10.4. The maximum absolute atomic E-state index is 8.62. The molecule has 0 unspecified atom stereocenters. The number of hydrogen-bond donors (Lipinski definition) is 0. The van der Waals surface area contributed by atoms with Crippen LogP contribution >= 0.6 is 0 Å². The van der Waals surface area contributed by atoms with Gasteiger partial charge >= 0.3 is 0 Å². The second kappa shape index (κ2) is 6.06. The Bertz CT molecular complexity index is 774. The van der Waals surface area contributed by atoms with Gasteiger partial charge in [-0.25, -0.2) is 0 Å². The van der Waals surface area contributed by atoms with Crippen LogP contribution in [-0.2, 0) is 13.0 Å². The first-order valence-electron chi connectivity index (χ1n) is 6.75. The zero-order chi connectivity index (χ0) is 14.5. The summed E-state index contributed by atoms with van der Waals surface area (Å²) >= 11 is 0. The van der Waals surface area contributed by atoms with Gasteiger partial charge in [0.25, 0.3) is 0 Å². The predicted molar refractivity (Wildman–Crippen MR) is 78.2 cm³/mol. The van der Waals surface area contributed by atoms with Crippen LogP contribution in [0.3, 0.4) is 0 Å². The molecule has 5 heteroatoms. The van der Waals surface area contributed by atoms with Gasteiger partial charge in [0.2, 0.25) is 0 Å². The lowest BCUT2D eigenvalue weighted by atomic mass is 10.1. The molecule has 0 fully saturated rings. The van der Waals surface area contributed by atoms with Crippen molar-refractivity contribution < 1.29 is 4.84 Å². The van der Waals surface area contributed by atoms with E-state index in [1.165, 1.54) is 4.85 Å². The lowest BCUT2D eigenvalue weighted by molar-refractivity contribution is 0.0752. The van der Waals surface area contributed by atoms with Gasteiger partial charge in [-0.3, -0.25) is 0 Å². The molecule has 0 bridgehead atoms. The summed E-state index contributed by atoms with van der Waals surface area (Å²) in [5, 5.41) is 16.7. The van der Waals surface area contributed by atoms with Crippen LogP contribution in [0.4, 0.5) is 0 Å². The number of benzene rings is 2. The van der Waals surface area contributed by atoms with E-state index in [2.05, 4.69) is 16.4 Å². The van der Waals surface area contributed by atoms with Crippen LogP contribution in [0.25, 0.3) is 11.0 Å². The summed E-state index contributed by atoms with van der Waals surface area (Å²) in [6.07, 6.45) is 1.23. The largest absolute Gasteiger partial charge is 0.390 e. The molecule has 0 radical (unpaired) electrons. The van der Waals surface area contributed by atoms with Gasteiger partial charge in [-0.2, -0.15) is 5.26 Å². The molecule has 2 aromatic carbocycles. The van der Waals surface area contributed by atoms with E-state index in [4.69, 9.17) is 10.1 Å². The molecule has 1 heterocycles. The number of nitrogens with zero attached hydrogens (tertiary/aromatic N) is 4. The maximum Gasteiger partial charge on any atom is 0.142 e. The van der Waals surface area contributed by atoms with Crippen LogP contribution < -0.4 is 4.84 Å². The Hall–Kier alpha value is -2.87. The summed E-state index contributed by atoms with van der Waals surface area (Å²) in [5.74, 6) is 0. The second-order valence-corrected chi connectivity index (χ2v) is 4.70. The van der Waals surface area contributed by atoms with Crippen molar-refractivity contribution in [1.29, 1.82) is 5.26 Å². The Balaban J connectivity index is 1.76. The van der Waals surface area contributed by atoms with E-state index in [1.807, 2.05) is 48.5 Å². The highest BCUT2D eigenvalue weighted by Gasteiger charge is 2.06. The molecule has 0 aliphatic heterocycles. The van der Waals surface area contributed by atoms with Crippen molar-refractivity contribution in [1.82, 2.24) is 15.2 Å². The number of fused-ring (bicyclic) bond motifs is 1. The Kier molecular flexibility index (Phi) is 3.79. The van der Waals surface area contributed by atoms with Gasteiger partial charge in [0.05, 0.1) is 6.07 Å². The highest BCUT2D eigenvalue weighted by molar-refractivity contribution is 5.74. The molecule has 3 rings (SSSR count). The minimum atomic E-state index is 0.440. The van der Waals surface area contributed by atoms with Crippen LogP contribution in [0.1, 0.15) is 17.5 Å². The third kappa shape index (κ3) is 3.00. The second-order valence-electron chi connectivity index (χ2n) is 4.70. The van der Waals surface area contributed by atoms with Crippen molar-refractivity contribution in [2.24, 2.45) is 0 Å². The van der Waals surface area contributed by atoms with E-state index in [1.54, 1.807) is 0 Å². The summed E-state index contributed by atoms with van der Waals surface area (Å²) in [5.41, 5.74) is 3.76. The first-order valence-corrected chi connectivity index (χ1v) is 6.75. The molecule has 0 saturated heterocycles. The lowest BCUT2D eigenvalue weighted by Crippen LogP contribution is -2.12. The van der Waals surface area contributed by atoms with Gasteiger partial charge in [0, 0.05) is 6.42 Å². The Morgan fingerprint density at radius 2 is 1.95 bits per heavy atom. The Labute approximate surface area is 122 Å². The number of aromatic nitrogens is 3. The number of rotatable bonds is 5. The van der Waals surface area contributed by atoms with E-state index in [-0.39, 0.29) is 0 Å². The highest BCUT2D eigenvalue weighted by atomic mass is 16.7. The Morgan fingerprint density at radius 1 is 1.10 bits per heavy atom. The van der Waals surface area contributed by atoms with E-state index < -0.39 is 0 Å². The lowest BCUT2D eigenvalue weighted by Gasteiger charge is -2.05. The van der Waals surface area contributed by atoms with Gasteiger partial charge in [0.1, 0.15) is 17.6 Å². The van der Waals surface area contributed by atoms with Crippen LogP contribution in [-0.4, -0.2) is 15.2 Å². The molecule has 21 heavy (non-hydrogen) atoms. The SMILES string of the molecule is N#CCCc1ccc2c(c1)nnn2OCc1ccccc1. The fourth-order valence-electron chi connectivity index (χ4n) is 2.11. The molecule has 0 saturated carbocycles. The smallest absolute Gasteiger partial charge is 0.142 e. The van der Waals surface area contributed by atoms with E-state index >= 15 is 0 Å². The standard InChI is InChI=1S/C16H14N4O/c17-10-4-7-13-8-9-16-15(11-13)18-19-20(16)21-12-14-5-2-1-3-6-14/h1-3,5-6,8-9,11H,4,7,12H2. The topological polar surface area (TPSA) is 63.7 Å². The molecular formula is C16H14N4O. The van der Waals surface area contributed by atoms with Crippen LogP contribution in [0.2, 0.25) is 0 Å². The number of nitriles is 1. The van der Waals surface area contributed by atoms with Crippen LogP contribution in [0.15, 0.2) is 48.5 Å². The zero-order valence-corrected chi connectivity index (χ0v) is 11.4. The summed E-state index contributed by atoms with van der Waals surface area (Å²) in [6, 6.07) is 17.9. The molecular weight excluding hydrogens is 264 g/mol. The molecule has 0 atom stereocenters. The molecule has 3 aromatic rings. The maximum atomic E-state index is 8.62. The molecule has 104 valence electrons. The fraction of sp³-hybridized carbons (Fsp3) is 0.188. The first-order chi connectivity index (χ1) is 10.4. The van der Waals surface area contributed by atoms with E-state index in [0.717, 1.165) is 28.6 Å². The fourth-order valence-corrected chi connectivity index (χ4v) is 2.11. The van der Waals surface area contributed by atoms with Crippen molar-refractivity contribution in [2.45, 2.75) is 19.4 Å². The molecule has 0 aliphatic rings. The monoisotopic (exact) mass is 278 g/mol. The predicted octanol–water partition coefficient (Wildman–Crippen LogP) is 2.52. The molecule has 0 amide bonds. The van der Waals surface area contributed by atoms with Crippen molar-refractivity contribution in [3.63, 3.8) is 0 Å². The quantitative estimate of drug-likeness (QED) is 0.719. The van der Waals surface area contributed by atoms with Crippen molar-refractivity contribution in [2.75, 3.05) is 0 Å². The average molecular weight is 278 g/mol. The van der Waals surface area contributed by atoms with Crippen molar-refractivity contribution in [3.8, 4) is 6.07 Å². The number of hydrogen-bond acceptors (Lipinski definition) is 4. The Morgan fingerprint density at radius 3 is 2.76 bits per heavy atom. The third-order valence-electron chi connectivity index (χ3n) is 3.20. The van der Waals surface area contributed by atoms with Crippen molar-refractivity contribution >= 4 is 11.0 Å². The van der Waals surface area contributed by atoms with Gasteiger partial charge in [-0.1, -0.05) is 41.2 Å². The van der Waals surface area contributed by atoms with Crippen LogP contribution in [0.5, 0.6) is 0 Å². The molecule has 1 aromatic heterocycles. The molecule has 0 N–H and O–H groups in total. The summed E-state index contributed by atoms with van der Waals surface area (Å²) in [6.45, 7) is 0.440. The zero-order valence-electron chi connectivity index (χ0n) is 11.4. The summed E-state index contributed by atoms with van der Waals surface area (Å²) < 4.78 is 0. The highest BCUT2D eigenvalue weighted by Crippen LogP contribution is 2.14. The third-order valence-corrected chi connectivity index (χ3v) is 3.20. The minimum absolute atomic E-state index is 0.440. The van der Waals surface area contributed by atoms with Gasteiger partial charge in [-0.05, 0) is 34.9 Å². The summed E-state index contributed by atoms with van der Waals surface area (Å²) in [4.78, 5) is 7.10. The average Bonchev–Trinajstić information content (AvgIpc) is 2.94. The molecule has 5 nitrogen and oxygen atoms in total. The number of aryl methyl sites for hydroxylation is 1. The first kappa shape index (κ1) is 13.1. The van der Waals surface area contributed by atoms with E-state index in [9.17, 15) is 0 Å². The van der Waals surface area contributed by atoms with Crippen molar-refractivity contribution in [3.05, 3.63) is 59.7 Å². The molecule has 0 spiro atoms. The summed E-state index contributed by atoms with van der Waals surface area (Å²) in [7, 11) is 0. The van der Waals surface area contributed by atoms with Gasteiger partial charge in [0.15, 0.2) is 0 Å². The minimum Gasteiger partial charge on any atom is -0.390 e. The van der Waals surface area contributed by atoms with Gasteiger partial charge in [-0.15, -0.1) is 5.10 Å².